The van der Waals surface area contributed by atoms with Crippen molar-refractivity contribution in [3.05, 3.63) is 0 Å². The molecular weight excluding hydrogens is 136 g/mol. The van der Waals surface area contributed by atoms with Gasteiger partial charge in [-0.25, -0.2) is 0 Å². The molecule has 1 aliphatic carbocycles. The van der Waals surface area contributed by atoms with Crippen molar-refractivity contribution in [2.24, 2.45) is 11.1 Å². The minimum absolute atomic E-state index is 0.572. The molecule has 0 aromatic rings. The Kier molecular flexibility index (Phi) is 2.90. The van der Waals surface area contributed by atoms with E-state index in [4.69, 9.17) is 5.73 Å². The Labute approximate surface area is 69.5 Å². The van der Waals surface area contributed by atoms with Gasteiger partial charge < -0.3 is 11.1 Å². The van der Waals surface area contributed by atoms with Gasteiger partial charge in [-0.1, -0.05) is 13.8 Å². The monoisotopic (exact) mass is 156 g/mol. The van der Waals surface area contributed by atoms with Gasteiger partial charge in [0, 0.05) is 6.04 Å². The van der Waals surface area contributed by atoms with Crippen LogP contribution >= 0.6 is 0 Å². The summed E-state index contributed by atoms with van der Waals surface area (Å²) in [6.45, 7) is 6.60. The van der Waals surface area contributed by atoms with E-state index in [2.05, 4.69) is 19.2 Å². The largest absolute Gasteiger partial charge is 0.330 e. The number of hydrogen-bond donors (Lipinski definition) is 2. The summed E-state index contributed by atoms with van der Waals surface area (Å²) in [6.07, 6.45) is 3.72. The van der Waals surface area contributed by atoms with Crippen molar-refractivity contribution in [1.82, 2.24) is 5.32 Å². The van der Waals surface area contributed by atoms with Gasteiger partial charge in [0.1, 0.15) is 0 Å². The Morgan fingerprint density at radius 2 is 2.09 bits per heavy atom. The van der Waals surface area contributed by atoms with E-state index < -0.39 is 0 Å². The number of rotatable bonds is 5. The molecule has 11 heavy (non-hydrogen) atoms. The Morgan fingerprint density at radius 1 is 1.45 bits per heavy atom. The first kappa shape index (κ1) is 9.01. The second-order valence-corrected chi connectivity index (χ2v) is 4.20. The third-order valence-electron chi connectivity index (χ3n) is 2.54. The maximum atomic E-state index is 5.39. The summed E-state index contributed by atoms with van der Waals surface area (Å²) in [6, 6.07) is 0.778. The molecule has 66 valence electrons. The lowest BCUT2D eigenvalue weighted by molar-refractivity contribution is 0.530. The van der Waals surface area contributed by atoms with E-state index in [1.54, 1.807) is 0 Å². The van der Waals surface area contributed by atoms with Crippen LogP contribution in [0.25, 0.3) is 0 Å². The lowest BCUT2D eigenvalue weighted by Gasteiger charge is -2.05. The molecule has 1 fully saturated rings. The van der Waals surface area contributed by atoms with Crippen LogP contribution in [-0.4, -0.2) is 19.1 Å². The number of nitrogens with one attached hydrogen (secondary N) is 1. The van der Waals surface area contributed by atoms with Gasteiger partial charge in [0.25, 0.3) is 0 Å². The van der Waals surface area contributed by atoms with E-state index in [0.717, 1.165) is 25.6 Å². The average Bonchev–Trinajstić information content (AvgIpc) is 2.52. The molecule has 0 aromatic heterocycles. The Bertz CT molecular complexity index is 121. The van der Waals surface area contributed by atoms with Crippen LogP contribution in [0.3, 0.4) is 0 Å². The van der Waals surface area contributed by atoms with Gasteiger partial charge in [0.2, 0.25) is 0 Å². The van der Waals surface area contributed by atoms with Crippen molar-refractivity contribution in [2.75, 3.05) is 13.1 Å². The van der Waals surface area contributed by atoms with Crippen LogP contribution < -0.4 is 11.1 Å². The van der Waals surface area contributed by atoms with Crippen LogP contribution in [0.1, 0.15) is 33.1 Å². The van der Waals surface area contributed by atoms with Crippen LogP contribution in [0.5, 0.6) is 0 Å². The third kappa shape index (κ3) is 2.80. The molecule has 0 spiro atoms. The quantitative estimate of drug-likeness (QED) is 0.585. The summed E-state index contributed by atoms with van der Waals surface area (Å²) in [7, 11) is 0. The Hall–Kier alpha value is -0.0800. The molecule has 1 aliphatic rings. The van der Waals surface area contributed by atoms with Crippen LogP contribution in [0.15, 0.2) is 0 Å². The summed E-state index contributed by atoms with van der Waals surface area (Å²) < 4.78 is 0. The van der Waals surface area contributed by atoms with E-state index in [0.29, 0.717) is 5.41 Å². The maximum Gasteiger partial charge on any atom is 0.0124 e. The molecule has 0 radical (unpaired) electrons. The van der Waals surface area contributed by atoms with E-state index in [1.165, 1.54) is 12.8 Å². The van der Waals surface area contributed by atoms with Crippen LogP contribution in [0, 0.1) is 5.41 Å². The summed E-state index contributed by atoms with van der Waals surface area (Å²) in [5, 5.41) is 3.53. The highest BCUT2D eigenvalue weighted by molar-refractivity contribution is 5.01. The molecule has 1 saturated carbocycles. The fraction of sp³-hybridized carbons (Fsp3) is 1.00. The summed E-state index contributed by atoms with van der Waals surface area (Å²) >= 11 is 0. The highest BCUT2D eigenvalue weighted by Crippen LogP contribution is 2.44. The highest BCUT2D eigenvalue weighted by Gasteiger charge is 2.44. The second-order valence-electron chi connectivity index (χ2n) is 4.20. The van der Waals surface area contributed by atoms with Gasteiger partial charge in [-0.05, 0) is 37.8 Å². The van der Waals surface area contributed by atoms with Crippen LogP contribution in [-0.2, 0) is 0 Å². The molecule has 1 unspecified atom stereocenters. The zero-order valence-electron chi connectivity index (χ0n) is 7.69. The van der Waals surface area contributed by atoms with E-state index >= 15 is 0 Å². The molecule has 0 amide bonds. The summed E-state index contributed by atoms with van der Waals surface area (Å²) in [4.78, 5) is 0. The van der Waals surface area contributed by atoms with Crippen molar-refractivity contribution in [1.29, 1.82) is 0 Å². The minimum atomic E-state index is 0.572. The van der Waals surface area contributed by atoms with E-state index in [1.807, 2.05) is 0 Å². The first-order valence-electron chi connectivity index (χ1n) is 4.60. The predicted octanol–water partition coefficient (Wildman–Crippen LogP) is 1.11. The third-order valence-corrected chi connectivity index (χ3v) is 2.54. The molecule has 0 heterocycles. The van der Waals surface area contributed by atoms with Crippen molar-refractivity contribution in [3.63, 3.8) is 0 Å². The Balaban J connectivity index is 1.90. The van der Waals surface area contributed by atoms with E-state index in [9.17, 15) is 0 Å². The van der Waals surface area contributed by atoms with Gasteiger partial charge in [-0.15, -0.1) is 0 Å². The molecule has 0 saturated heterocycles. The van der Waals surface area contributed by atoms with Gasteiger partial charge in [-0.3, -0.25) is 0 Å². The van der Waals surface area contributed by atoms with Gasteiger partial charge in [0.05, 0.1) is 0 Å². The average molecular weight is 156 g/mol. The first-order chi connectivity index (χ1) is 5.17. The second kappa shape index (κ2) is 3.55. The maximum absolute atomic E-state index is 5.39. The van der Waals surface area contributed by atoms with Crippen molar-refractivity contribution in [3.8, 4) is 0 Å². The fourth-order valence-corrected chi connectivity index (χ4v) is 1.36. The van der Waals surface area contributed by atoms with Crippen LogP contribution in [0.4, 0.5) is 0 Å². The SMILES string of the molecule is CC1(C)CC1NCCCCN. The molecule has 1 rings (SSSR count). The lowest BCUT2D eigenvalue weighted by atomic mass is 10.2. The van der Waals surface area contributed by atoms with Crippen molar-refractivity contribution in [2.45, 2.75) is 39.2 Å². The van der Waals surface area contributed by atoms with Crippen LogP contribution in [0.2, 0.25) is 0 Å². The molecule has 3 N–H and O–H groups in total. The first-order valence-corrected chi connectivity index (χ1v) is 4.60. The zero-order chi connectivity index (χ0) is 8.32. The Morgan fingerprint density at radius 3 is 2.55 bits per heavy atom. The molecule has 2 nitrogen and oxygen atoms in total. The smallest absolute Gasteiger partial charge is 0.0124 e. The molecule has 0 aromatic carbocycles. The topological polar surface area (TPSA) is 38.0 Å². The molecule has 0 aliphatic heterocycles. The highest BCUT2D eigenvalue weighted by atomic mass is 15.0. The summed E-state index contributed by atoms with van der Waals surface area (Å²) in [5.74, 6) is 0. The van der Waals surface area contributed by atoms with Crippen molar-refractivity contribution >= 4 is 0 Å². The standard InChI is InChI=1S/C9H20N2/c1-9(2)7-8(9)11-6-4-3-5-10/h8,11H,3-7,10H2,1-2H3. The van der Waals surface area contributed by atoms with Gasteiger partial charge in [-0.2, -0.15) is 0 Å². The molecule has 1 atom stereocenters. The molecule has 0 bridgehead atoms. The predicted molar refractivity (Wildman–Crippen MR) is 48.5 cm³/mol. The lowest BCUT2D eigenvalue weighted by Crippen LogP contribution is -2.22. The zero-order valence-corrected chi connectivity index (χ0v) is 7.69. The number of hydrogen-bond acceptors (Lipinski definition) is 2. The van der Waals surface area contributed by atoms with Crippen molar-refractivity contribution < 1.29 is 0 Å². The minimum Gasteiger partial charge on any atom is -0.330 e. The molecular formula is C9H20N2. The molecule has 2 heteroatoms. The van der Waals surface area contributed by atoms with E-state index in [-0.39, 0.29) is 0 Å². The van der Waals surface area contributed by atoms with Gasteiger partial charge >= 0.3 is 0 Å². The fourth-order valence-electron chi connectivity index (χ4n) is 1.36. The number of nitrogens with two attached hydrogens (primary N) is 1. The summed E-state index contributed by atoms with van der Waals surface area (Å²) in [5.41, 5.74) is 5.96. The normalized spacial score (nSPS) is 27.0. The van der Waals surface area contributed by atoms with Gasteiger partial charge in [0.15, 0.2) is 0 Å². The number of unbranched alkanes of at least 4 members (excludes halogenated alkanes) is 1.